The average molecular weight is 425 g/mol. The van der Waals surface area contributed by atoms with E-state index in [0.717, 1.165) is 9.88 Å². The molecule has 2 amide bonds. The summed E-state index contributed by atoms with van der Waals surface area (Å²) in [6, 6.07) is 2.90. The third kappa shape index (κ3) is 4.51. The van der Waals surface area contributed by atoms with Crippen molar-refractivity contribution in [3.8, 4) is 5.75 Å². The molecule has 4 N–H and O–H groups in total. The molecule has 1 atom stereocenters. The number of aryl methyl sites for hydroxylation is 1. The van der Waals surface area contributed by atoms with Crippen LogP contribution in [0.2, 0.25) is 0 Å². The van der Waals surface area contributed by atoms with Crippen LogP contribution in [0, 0.1) is 6.92 Å². The molecule has 2 heterocycles. The highest BCUT2D eigenvalue weighted by atomic mass is 32.1. The van der Waals surface area contributed by atoms with E-state index in [4.69, 9.17) is 20.0 Å². The molecule has 8 nitrogen and oxygen atoms in total. The molecule has 1 aromatic carbocycles. The molecule has 29 heavy (non-hydrogen) atoms. The van der Waals surface area contributed by atoms with E-state index in [2.05, 4.69) is 10.3 Å². The SMILES string of the molecule is Cc1ncc(COc2ccc3oc(C(F)F)c(C(=O)N[C@@H](CO)C(N)=O)c3c2)s1. The molecule has 0 bridgehead atoms. The maximum Gasteiger partial charge on any atom is 0.296 e. The molecular weight excluding hydrogens is 408 g/mol. The molecule has 0 radical (unpaired) electrons. The Labute approximate surface area is 167 Å². The van der Waals surface area contributed by atoms with Crippen LogP contribution < -0.4 is 15.8 Å². The Hall–Kier alpha value is -3.05. The number of halogens is 2. The number of hydrogen-bond acceptors (Lipinski definition) is 7. The molecule has 0 fully saturated rings. The molecule has 0 aliphatic carbocycles. The van der Waals surface area contributed by atoms with Gasteiger partial charge >= 0.3 is 0 Å². The highest BCUT2D eigenvalue weighted by Gasteiger charge is 2.29. The van der Waals surface area contributed by atoms with Crippen molar-refractivity contribution in [2.45, 2.75) is 26.0 Å². The molecule has 154 valence electrons. The number of primary amides is 1. The van der Waals surface area contributed by atoms with Crippen molar-refractivity contribution < 1.29 is 32.6 Å². The lowest BCUT2D eigenvalue weighted by molar-refractivity contribution is -0.120. The number of nitrogens with two attached hydrogens (primary N) is 1. The van der Waals surface area contributed by atoms with Crippen molar-refractivity contribution >= 4 is 34.1 Å². The fourth-order valence-corrected chi connectivity index (χ4v) is 3.35. The third-order valence-electron chi connectivity index (χ3n) is 3.99. The summed E-state index contributed by atoms with van der Waals surface area (Å²) in [6.07, 6.45) is -1.41. The first-order valence-corrected chi connectivity index (χ1v) is 9.21. The minimum absolute atomic E-state index is 0.0473. The maximum atomic E-state index is 13.4. The Morgan fingerprint density at radius 1 is 1.41 bits per heavy atom. The monoisotopic (exact) mass is 425 g/mol. The quantitative estimate of drug-likeness (QED) is 0.508. The molecule has 0 aliphatic rings. The van der Waals surface area contributed by atoms with E-state index in [0.29, 0.717) is 5.75 Å². The van der Waals surface area contributed by atoms with Crippen LogP contribution in [0.15, 0.2) is 28.8 Å². The number of amides is 2. The van der Waals surface area contributed by atoms with Crippen molar-refractivity contribution in [2.75, 3.05) is 6.61 Å². The zero-order valence-electron chi connectivity index (χ0n) is 15.1. The number of aliphatic hydroxyl groups excluding tert-OH is 1. The molecule has 0 saturated carbocycles. The highest BCUT2D eigenvalue weighted by Crippen LogP contribution is 2.35. The molecule has 2 aromatic heterocycles. The van der Waals surface area contributed by atoms with Gasteiger partial charge in [0.05, 0.1) is 22.1 Å². The number of nitrogens with zero attached hydrogens (tertiary/aromatic N) is 1. The van der Waals surface area contributed by atoms with Gasteiger partial charge in [-0.05, 0) is 25.1 Å². The minimum atomic E-state index is -3.08. The Balaban J connectivity index is 1.94. The minimum Gasteiger partial charge on any atom is -0.488 e. The molecular formula is C18H17F2N3O5S. The number of furan rings is 1. The van der Waals surface area contributed by atoms with Crippen LogP contribution in [-0.2, 0) is 11.4 Å². The van der Waals surface area contributed by atoms with Crippen LogP contribution in [0.1, 0.15) is 32.4 Å². The highest BCUT2D eigenvalue weighted by molar-refractivity contribution is 7.11. The topological polar surface area (TPSA) is 128 Å². The summed E-state index contributed by atoms with van der Waals surface area (Å²) >= 11 is 1.45. The summed E-state index contributed by atoms with van der Waals surface area (Å²) in [7, 11) is 0. The first-order valence-electron chi connectivity index (χ1n) is 8.40. The lowest BCUT2D eigenvalue weighted by atomic mass is 10.1. The van der Waals surface area contributed by atoms with Crippen LogP contribution >= 0.6 is 11.3 Å². The Morgan fingerprint density at radius 3 is 2.76 bits per heavy atom. The molecule has 3 rings (SSSR count). The molecule has 0 aliphatic heterocycles. The number of aromatic nitrogens is 1. The fraction of sp³-hybridized carbons (Fsp3) is 0.278. The zero-order chi connectivity index (χ0) is 21.1. The third-order valence-corrected chi connectivity index (χ3v) is 4.88. The van der Waals surface area contributed by atoms with E-state index >= 15 is 0 Å². The molecule has 3 aromatic rings. The number of aliphatic hydroxyl groups is 1. The second-order valence-corrected chi connectivity index (χ2v) is 7.36. The number of benzene rings is 1. The lowest BCUT2D eigenvalue weighted by Gasteiger charge is -2.12. The van der Waals surface area contributed by atoms with Crippen molar-refractivity contribution in [1.29, 1.82) is 0 Å². The van der Waals surface area contributed by atoms with Gasteiger partial charge in [-0.15, -0.1) is 11.3 Å². The Morgan fingerprint density at radius 2 is 2.17 bits per heavy atom. The number of carbonyl (C=O) groups excluding carboxylic acids is 2. The standard InChI is InChI=1S/C18H17F2N3O5S/c1-8-22-5-10(29-8)7-27-9-2-3-13-11(4-9)14(15(28-13)16(19)20)18(26)23-12(6-24)17(21)25/h2-5,12,16,24H,6-7H2,1H3,(H2,21,25)(H,23,26)/t12-/m0/s1. The van der Waals surface area contributed by atoms with Gasteiger partial charge in [0.15, 0.2) is 5.76 Å². The first-order chi connectivity index (χ1) is 13.8. The van der Waals surface area contributed by atoms with E-state index in [-0.39, 0.29) is 17.6 Å². The van der Waals surface area contributed by atoms with Gasteiger partial charge in [-0.25, -0.2) is 13.8 Å². The van der Waals surface area contributed by atoms with Gasteiger partial charge in [0.1, 0.15) is 24.0 Å². The van der Waals surface area contributed by atoms with E-state index in [9.17, 15) is 18.4 Å². The fourth-order valence-electron chi connectivity index (χ4n) is 2.64. The normalized spacial score (nSPS) is 12.3. The van der Waals surface area contributed by atoms with E-state index in [1.807, 2.05) is 6.92 Å². The first kappa shape index (κ1) is 20.7. The molecule has 11 heteroatoms. The van der Waals surface area contributed by atoms with Gasteiger partial charge in [0.2, 0.25) is 5.91 Å². The molecule has 0 spiro atoms. The van der Waals surface area contributed by atoms with Crippen molar-refractivity contribution in [1.82, 2.24) is 10.3 Å². The summed E-state index contributed by atoms with van der Waals surface area (Å²) in [5.74, 6) is -2.55. The second-order valence-electron chi connectivity index (χ2n) is 6.05. The van der Waals surface area contributed by atoms with Gasteiger partial charge in [-0.2, -0.15) is 0 Å². The number of ether oxygens (including phenoxy) is 1. The van der Waals surface area contributed by atoms with Gasteiger partial charge < -0.3 is 25.3 Å². The number of hydrogen-bond donors (Lipinski definition) is 3. The van der Waals surface area contributed by atoms with Crippen LogP contribution in [-0.4, -0.2) is 34.6 Å². The van der Waals surface area contributed by atoms with Gasteiger partial charge in [-0.3, -0.25) is 9.59 Å². The second kappa shape index (κ2) is 8.53. The summed E-state index contributed by atoms with van der Waals surface area (Å²) in [5.41, 5.74) is 4.67. The van der Waals surface area contributed by atoms with Crippen LogP contribution in [0.4, 0.5) is 8.78 Å². The van der Waals surface area contributed by atoms with Gasteiger partial charge in [0.25, 0.3) is 12.3 Å². The number of rotatable bonds is 8. The van der Waals surface area contributed by atoms with Gasteiger partial charge in [-0.1, -0.05) is 0 Å². The number of carbonyl (C=O) groups is 2. The van der Waals surface area contributed by atoms with Crippen LogP contribution in [0.25, 0.3) is 11.0 Å². The largest absolute Gasteiger partial charge is 0.488 e. The summed E-state index contributed by atoms with van der Waals surface area (Å²) in [6.45, 7) is 1.30. The van der Waals surface area contributed by atoms with Crippen LogP contribution in [0.3, 0.4) is 0 Å². The zero-order valence-corrected chi connectivity index (χ0v) is 16.0. The maximum absolute atomic E-state index is 13.4. The average Bonchev–Trinajstić information content (AvgIpc) is 3.27. The van der Waals surface area contributed by atoms with Gasteiger partial charge in [0, 0.05) is 11.6 Å². The van der Waals surface area contributed by atoms with Crippen molar-refractivity contribution in [2.24, 2.45) is 5.73 Å². The summed E-state index contributed by atoms with van der Waals surface area (Å²) in [5, 5.41) is 12.2. The van der Waals surface area contributed by atoms with Crippen molar-refractivity contribution in [3.63, 3.8) is 0 Å². The predicted molar refractivity (Wildman–Crippen MR) is 99.9 cm³/mol. The Bertz CT molecular complexity index is 1050. The summed E-state index contributed by atoms with van der Waals surface area (Å²) in [4.78, 5) is 28.8. The van der Waals surface area contributed by atoms with Crippen LogP contribution in [0.5, 0.6) is 5.75 Å². The number of thiazole rings is 1. The van der Waals surface area contributed by atoms with Crippen molar-refractivity contribution in [3.05, 3.63) is 45.6 Å². The smallest absolute Gasteiger partial charge is 0.296 e. The summed E-state index contributed by atoms with van der Waals surface area (Å²) < 4.78 is 37.6. The number of fused-ring (bicyclic) bond motifs is 1. The Kier molecular flexibility index (Phi) is 6.09. The van der Waals surface area contributed by atoms with E-state index in [1.54, 1.807) is 6.20 Å². The predicted octanol–water partition coefficient (Wildman–Crippen LogP) is 2.29. The number of nitrogens with one attached hydrogen (secondary N) is 1. The lowest BCUT2D eigenvalue weighted by Crippen LogP contribution is -2.46. The molecule has 0 saturated heterocycles. The van der Waals surface area contributed by atoms with E-state index in [1.165, 1.54) is 29.5 Å². The van der Waals surface area contributed by atoms with E-state index < -0.39 is 42.2 Å². The molecule has 0 unspecified atom stereocenters. The number of alkyl halides is 2.